The number of aromatic nitrogens is 2. The highest BCUT2D eigenvalue weighted by Gasteiger charge is 2.09. The van der Waals surface area contributed by atoms with Gasteiger partial charge in [-0.05, 0) is 29.8 Å². The van der Waals surface area contributed by atoms with Crippen LogP contribution in [0.4, 0.5) is 5.95 Å². The SMILES string of the molecule is O=C(Cc1cccc(Cl)c1)Nc1nccn1-c1ccccc1. The third-order valence-electron chi connectivity index (χ3n) is 3.18. The lowest BCUT2D eigenvalue weighted by molar-refractivity contribution is -0.115. The number of rotatable bonds is 4. The molecular formula is C17H14ClN3O. The van der Waals surface area contributed by atoms with E-state index in [1.165, 1.54) is 0 Å². The topological polar surface area (TPSA) is 46.9 Å². The molecule has 0 radical (unpaired) electrons. The van der Waals surface area contributed by atoms with Gasteiger partial charge in [0.15, 0.2) is 0 Å². The predicted octanol–water partition coefficient (Wildman–Crippen LogP) is 3.71. The Hall–Kier alpha value is -2.59. The lowest BCUT2D eigenvalue weighted by Gasteiger charge is -2.09. The van der Waals surface area contributed by atoms with Crippen LogP contribution in [-0.2, 0) is 11.2 Å². The number of imidazole rings is 1. The minimum absolute atomic E-state index is 0.134. The van der Waals surface area contributed by atoms with Gasteiger partial charge in [0.05, 0.1) is 6.42 Å². The zero-order valence-corrected chi connectivity index (χ0v) is 12.5. The van der Waals surface area contributed by atoms with E-state index >= 15 is 0 Å². The van der Waals surface area contributed by atoms with Crippen molar-refractivity contribution < 1.29 is 4.79 Å². The van der Waals surface area contributed by atoms with Crippen molar-refractivity contribution >= 4 is 23.5 Å². The number of anilines is 1. The lowest BCUT2D eigenvalue weighted by Crippen LogP contribution is -2.17. The molecular weight excluding hydrogens is 298 g/mol. The molecule has 3 rings (SSSR count). The summed E-state index contributed by atoms with van der Waals surface area (Å²) in [6.07, 6.45) is 3.72. The van der Waals surface area contributed by atoms with Crippen LogP contribution in [0, 0.1) is 0 Å². The second-order valence-electron chi connectivity index (χ2n) is 4.81. The summed E-state index contributed by atoms with van der Waals surface area (Å²) in [7, 11) is 0. The molecule has 4 nitrogen and oxygen atoms in total. The number of halogens is 1. The molecule has 0 aliphatic carbocycles. The Labute approximate surface area is 133 Å². The van der Waals surface area contributed by atoms with Crippen molar-refractivity contribution in [3.8, 4) is 5.69 Å². The number of para-hydroxylation sites is 1. The summed E-state index contributed by atoms with van der Waals surface area (Å²) in [6, 6.07) is 17.0. The maximum absolute atomic E-state index is 12.2. The van der Waals surface area contributed by atoms with E-state index in [4.69, 9.17) is 11.6 Å². The minimum Gasteiger partial charge on any atom is -0.295 e. The van der Waals surface area contributed by atoms with E-state index in [0.29, 0.717) is 11.0 Å². The molecule has 0 fully saturated rings. The van der Waals surface area contributed by atoms with Crippen LogP contribution in [0.5, 0.6) is 0 Å². The lowest BCUT2D eigenvalue weighted by atomic mass is 10.1. The average Bonchev–Trinajstić information content (AvgIpc) is 2.96. The first-order chi connectivity index (χ1) is 10.7. The molecule has 5 heteroatoms. The summed E-state index contributed by atoms with van der Waals surface area (Å²) >= 11 is 5.93. The molecule has 0 aliphatic heterocycles. The number of hydrogen-bond acceptors (Lipinski definition) is 2. The first-order valence-corrected chi connectivity index (χ1v) is 7.23. The van der Waals surface area contributed by atoms with Crippen LogP contribution in [0.15, 0.2) is 67.0 Å². The van der Waals surface area contributed by atoms with E-state index in [2.05, 4.69) is 10.3 Å². The zero-order chi connectivity index (χ0) is 15.4. The Morgan fingerprint density at radius 2 is 1.95 bits per heavy atom. The monoisotopic (exact) mass is 311 g/mol. The molecule has 0 spiro atoms. The molecule has 0 aliphatic rings. The smallest absolute Gasteiger partial charge is 0.231 e. The van der Waals surface area contributed by atoms with Gasteiger partial charge < -0.3 is 0 Å². The number of nitrogens with zero attached hydrogens (tertiary/aromatic N) is 2. The zero-order valence-electron chi connectivity index (χ0n) is 11.7. The normalized spacial score (nSPS) is 10.4. The van der Waals surface area contributed by atoms with Gasteiger partial charge in [0.1, 0.15) is 0 Å². The Bertz CT molecular complexity index is 783. The number of hydrogen-bond donors (Lipinski definition) is 1. The molecule has 1 heterocycles. The second kappa shape index (κ2) is 6.45. The third-order valence-corrected chi connectivity index (χ3v) is 3.42. The second-order valence-corrected chi connectivity index (χ2v) is 5.25. The summed E-state index contributed by atoms with van der Waals surface area (Å²) in [4.78, 5) is 16.4. The standard InChI is InChI=1S/C17H14ClN3O/c18-14-6-4-5-13(11-14)12-16(22)20-17-19-9-10-21(17)15-7-2-1-3-8-15/h1-11H,12H2,(H,19,20,22). The summed E-state index contributed by atoms with van der Waals surface area (Å²) in [6.45, 7) is 0. The van der Waals surface area contributed by atoms with Crippen molar-refractivity contribution in [3.63, 3.8) is 0 Å². The predicted molar refractivity (Wildman–Crippen MR) is 87.3 cm³/mol. The first-order valence-electron chi connectivity index (χ1n) is 6.85. The Kier molecular flexibility index (Phi) is 4.21. The molecule has 0 atom stereocenters. The van der Waals surface area contributed by atoms with Crippen molar-refractivity contribution in [2.75, 3.05) is 5.32 Å². The number of carbonyl (C=O) groups is 1. The van der Waals surface area contributed by atoms with Crippen molar-refractivity contribution in [3.05, 3.63) is 77.6 Å². The number of carbonyl (C=O) groups excluding carboxylic acids is 1. The van der Waals surface area contributed by atoms with Gasteiger partial charge in [0.2, 0.25) is 11.9 Å². The van der Waals surface area contributed by atoms with Gasteiger partial charge in [-0.2, -0.15) is 0 Å². The molecule has 1 N–H and O–H groups in total. The molecule has 1 amide bonds. The molecule has 0 saturated carbocycles. The van der Waals surface area contributed by atoms with Gasteiger partial charge >= 0.3 is 0 Å². The Balaban J connectivity index is 1.74. The molecule has 1 aromatic heterocycles. The van der Waals surface area contributed by atoms with Gasteiger partial charge in [-0.3, -0.25) is 14.7 Å². The van der Waals surface area contributed by atoms with Crippen LogP contribution in [0.3, 0.4) is 0 Å². The van der Waals surface area contributed by atoms with Crippen molar-refractivity contribution in [1.29, 1.82) is 0 Å². The van der Waals surface area contributed by atoms with E-state index in [9.17, 15) is 4.79 Å². The average molecular weight is 312 g/mol. The molecule has 0 unspecified atom stereocenters. The van der Waals surface area contributed by atoms with Gasteiger partial charge in [0, 0.05) is 23.1 Å². The van der Waals surface area contributed by atoms with Crippen molar-refractivity contribution in [2.45, 2.75) is 6.42 Å². The molecule has 110 valence electrons. The highest BCUT2D eigenvalue weighted by molar-refractivity contribution is 6.30. The van der Waals surface area contributed by atoms with Gasteiger partial charge in [0.25, 0.3) is 0 Å². The highest BCUT2D eigenvalue weighted by atomic mass is 35.5. The van der Waals surface area contributed by atoms with E-state index in [-0.39, 0.29) is 12.3 Å². The molecule has 0 saturated heterocycles. The maximum atomic E-state index is 12.2. The molecule has 3 aromatic rings. The van der Waals surface area contributed by atoms with Crippen molar-refractivity contribution in [1.82, 2.24) is 9.55 Å². The van der Waals surface area contributed by atoms with Crippen LogP contribution in [0.1, 0.15) is 5.56 Å². The van der Waals surface area contributed by atoms with E-state index in [0.717, 1.165) is 11.3 Å². The van der Waals surface area contributed by atoms with Crippen LogP contribution < -0.4 is 5.32 Å². The van der Waals surface area contributed by atoms with Crippen molar-refractivity contribution in [2.24, 2.45) is 0 Å². The van der Waals surface area contributed by atoms with E-state index < -0.39 is 0 Å². The minimum atomic E-state index is -0.134. The molecule has 0 bridgehead atoms. The van der Waals surface area contributed by atoms with E-state index in [1.54, 1.807) is 18.3 Å². The fourth-order valence-corrected chi connectivity index (χ4v) is 2.41. The number of amides is 1. The fraction of sp³-hybridized carbons (Fsp3) is 0.0588. The third kappa shape index (κ3) is 3.35. The van der Waals surface area contributed by atoms with Crippen LogP contribution in [0.25, 0.3) is 5.69 Å². The summed E-state index contributed by atoms with van der Waals surface area (Å²) in [5.41, 5.74) is 1.81. The number of benzene rings is 2. The maximum Gasteiger partial charge on any atom is 0.231 e. The summed E-state index contributed by atoms with van der Waals surface area (Å²) < 4.78 is 1.83. The van der Waals surface area contributed by atoms with Gasteiger partial charge in [-0.15, -0.1) is 0 Å². The summed E-state index contributed by atoms with van der Waals surface area (Å²) in [5, 5.41) is 3.45. The van der Waals surface area contributed by atoms with Gasteiger partial charge in [-0.25, -0.2) is 4.98 Å². The number of nitrogens with one attached hydrogen (secondary N) is 1. The quantitative estimate of drug-likeness (QED) is 0.798. The Morgan fingerprint density at radius 3 is 2.73 bits per heavy atom. The molecule has 2 aromatic carbocycles. The summed E-state index contributed by atoms with van der Waals surface area (Å²) in [5.74, 6) is 0.365. The van der Waals surface area contributed by atoms with E-state index in [1.807, 2.05) is 53.2 Å². The Morgan fingerprint density at radius 1 is 1.14 bits per heavy atom. The molecule has 22 heavy (non-hydrogen) atoms. The van der Waals surface area contributed by atoms with Crippen LogP contribution in [-0.4, -0.2) is 15.5 Å². The first kappa shape index (κ1) is 14.4. The highest BCUT2D eigenvalue weighted by Crippen LogP contribution is 2.15. The van der Waals surface area contributed by atoms with Gasteiger partial charge in [-0.1, -0.05) is 41.9 Å². The van der Waals surface area contributed by atoms with Crippen LogP contribution in [0.2, 0.25) is 5.02 Å². The largest absolute Gasteiger partial charge is 0.295 e. The fourth-order valence-electron chi connectivity index (χ4n) is 2.19. The van der Waals surface area contributed by atoms with Crippen LogP contribution >= 0.6 is 11.6 Å².